The van der Waals surface area contributed by atoms with Crippen LogP contribution in [-0.2, 0) is 6.54 Å². The largest absolute Gasteiger partial charge is 0.369 e. The standard InChI is InChI=1S/C24H32N6O/c1-18(19-11-6-5-7-12-19)26-24(31)30(4)17-22-27-21-14-9-8-13-20(21)23(28-22)25-15-10-16-29(2)3/h5-9,11-14,18H,10,15-17H2,1-4H3,(H,26,31)(H,25,27,28). The molecule has 2 amide bonds. The first kappa shape index (κ1) is 22.5. The highest BCUT2D eigenvalue weighted by molar-refractivity contribution is 5.89. The molecule has 2 aromatic carbocycles. The maximum Gasteiger partial charge on any atom is 0.318 e. The Morgan fingerprint density at radius 3 is 2.45 bits per heavy atom. The van der Waals surface area contributed by atoms with Crippen LogP contribution in [0.1, 0.15) is 30.8 Å². The number of para-hydroxylation sites is 1. The molecule has 7 heteroatoms. The van der Waals surface area contributed by atoms with Gasteiger partial charge in [-0.05, 0) is 51.7 Å². The molecule has 0 bridgehead atoms. The minimum absolute atomic E-state index is 0.0809. The summed E-state index contributed by atoms with van der Waals surface area (Å²) in [5, 5.41) is 7.46. The fourth-order valence-corrected chi connectivity index (χ4v) is 3.34. The van der Waals surface area contributed by atoms with E-state index >= 15 is 0 Å². The molecule has 0 aliphatic heterocycles. The van der Waals surface area contributed by atoms with Crippen molar-refractivity contribution in [2.45, 2.75) is 25.9 Å². The lowest BCUT2D eigenvalue weighted by Gasteiger charge is -2.21. The lowest BCUT2D eigenvalue weighted by molar-refractivity contribution is 0.202. The molecule has 7 nitrogen and oxygen atoms in total. The lowest BCUT2D eigenvalue weighted by atomic mass is 10.1. The van der Waals surface area contributed by atoms with E-state index < -0.39 is 0 Å². The van der Waals surface area contributed by atoms with Crippen LogP contribution < -0.4 is 10.6 Å². The fourth-order valence-electron chi connectivity index (χ4n) is 3.34. The van der Waals surface area contributed by atoms with Gasteiger partial charge in [-0.15, -0.1) is 0 Å². The molecule has 0 spiro atoms. The van der Waals surface area contributed by atoms with Crippen molar-refractivity contribution in [3.05, 3.63) is 66.0 Å². The Kier molecular flexibility index (Phi) is 7.78. The van der Waals surface area contributed by atoms with Gasteiger partial charge >= 0.3 is 6.03 Å². The minimum Gasteiger partial charge on any atom is -0.369 e. The number of rotatable bonds is 9. The normalized spacial score (nSPS) is 12.0. The Bertz CT molecular complexity index is 992. The molecule has 0 aliphatic rings. The van der Waals surface area contributed by atoms with Crippen molar-refractivity contribution in [1.82, 2.24) is 25.1 Å². The van der Waals surface area contributed by atoms with Crippen LogP contribution in [0.4, 0.5) is 10.6 Å². The van der Waals surface area contributed by atoms with Crippen molar-refractivity contribution in [1.29, 1.82) is 0 Å². The van der Waals surface area contributed by atoms with E-state index in [-0.39, 0.29) is 12.1 Å². The number of amides is 2. The summed E-state index contributed by atoms with van der Waals surface area (Å²) in [7, 11) is 5.89. The van der Waals surface area contributed by atoms with E-state index in [0.717, 1.165) is 41.8 Å². The molecule has 0 fully saturated rings. The second-order valence-electron chi connectivity index (χ2n) is 8.03. The number of nitrogens with zero attached hydrogens (tertiary/aromatic N) is 4. The molecule has 0 radical (unpaired) electrons. The highest BCUT2D eigenvalue weighted by atomic mass is 16.2. The average molecular weight is 421 g/mol. The minimum atomic E-state index is -0.159. The molecular weight excluding hydrogens is 388 g/mol. The van der Waals surface area contributed by atoms with Crippen molar-refractivity contribution in [2.75, 3.05) is 39.5 Å². The Labute approximate surface area is 184 Å². The molecule has 1 aromatic heterocycles. The van der Waals surface area contributed by atoms with Crippen molar-refractivity contribution in [3.8, 4) is 0 Å². The summed E-state index contributed by atoms with van der Waals surface area (Å²) in [6, 6.07) is 17.6. The number of aromatic nitrogens is 2. The van der Waals surface area contributed by atoms with Crippen molar-refractivity contribution in [3.63, 3.8) is 0 Å². The predicted molar refractivity (Wildman–Crippen MR) is 126 cm³/mol. The van der Waals surface area contributed by atoms with E-state index in [1.807, 2.05) is 61.5 Å². The van der Waals surface area contributed by atoms with E-state index in [0.29, 0.717) is 12.4 Å². The summed E-state index contributed by atoms with van der Waals surface area (Å²) < 4.78 is 0. The van der Waals surface area contributed by atoms with Gasteiger partial charge in [-0.1, -0.05) is 42.5 Å². The lowest BCUT2D eigenvalue weighted by Crippen LogP contribution is -2.38. The quantitative estimate of drug-likeness (QED) is 0.514. The number of anilines is 1. The molecule has 164 valence electrons. The van der Waals surface area contributed by atoms with Crippen LogP contribution in [0.25, 0.3) is 10.9 Å². The number of nitrogens with one attached hydrogen (secondary N) is 2. The third-order valence-corrected chi connectivity index (χ3v) is 5.09. The smallest absolute Gasteiger partial charge is 0.318 e. The summed E-state index contributed by atoms with van der Waals surface area (Å²) in [6.45, 7) is 4.13. The van der Waals surface area contributed by atoms with Gasteiger partial charge in [0.25, 0.3) is 0 Å². The number of carbonyl (C=O) groups is 1. The van der Waals surface area contributed by atoms with Crippen LogP contribution in [-0.4, -0.2) is 60.0 Å². The first-order valence-corrected chi connectivity index (χ1v) is 10.6. The Balaban J connectivity index is 1.69. The van der Waals surface area contributed by atoms with Crippen LogP contribution in [0.15, 0.2) is 54.6 Å². The van der Waals surface area contributed by atoms with E-state index in [1.165, 1.54) is 0 Å². The SMILES string of the molecule is CC(NC(=O)N(C)Cc1nc(NCCCN(C)C)c2ccccc2n1)c1ccccc1. The third kappa shape index (κ3) is 6.39. The number of benzene rings is 2. The molecule has 0 saturated carbocycles. The van der Waals surface area contributed by atoms with E-state index in [1.54, 1.807) is 11.9 Å². The summed E-state index contributed by atoms with van der Waals surface area (Å²) in [6.07, 6.45) is 1.01. The monoisotopic (exact) mass is 420 g/mol. The molecule has 0 aliphatic carbocycles. The number of hydrogen-bond acceptors (Lipinski definition) is 5. The number of carbonyl (C=O) groups excluding carboxylic acids is 1. The van der Waals surface area contributed by atoms with Gasteiger partial charge in [0.15, 0.2) is 5.82 Å². The topological polar surface area (TPSA) is 73.4 Å². The van der Waals surface area contributed by atoms with Crippen LogP contribution in [0.3, 0.4) is 0 Å². The number of fused-ring (bicyclic) bond motifs is 1. The maximum absolute atomic E-state index is 12.7. The van der Waals surface area contributed by atoms with Crippen LogP contribution in [0.5, 0.6) is 0 Å². The van der Waals surface area contributed by atoms with Crippen molar-refractivity contribution in [2.24, 2.45) is 0 Å². The number of hydrogen-bond donors (Lipinski definition) is 2. The van der Waals surface area contributed by atoms with Crippen molar-refractivity contribution >= 4 is 22.8 Å². The summed E-state index contributed by atoms with van der Waals surface area (Å²) in [5.74, 6) is 1.42. The van der Waals surface area contributed by atoms with Gasteiger partial charge < -0.3 is 20.4 Å². The molecule has 1 unspecified atom stereocenters. The fraction of sp³-hybridized carbons (Fsp3) is 0.375. The maximum atomic E-state index is 12.7. The molecule has 3 aromatic rings. The molecule has 1 heterocycles. The van der Waals surface area contributed by atoms with Gasteiger partial charge in [-0.25, -0.2) is 14.8 Å². The first-order chi connectivity index (χ1) is 14.9. The zero-order valence-corrected chi connectivity index (χ0v) is 18.8. The Morgan fingerprint density at radius 1 is 1.00 bits per heavy atom. The van der Waals surface area contributed by atoms with Gasteiger partial charge in [0.1, 0.15) is 5.82 Å². The predicted octanol–water partition coefficient (Wildman–Crippen LogP) is 3.90. The molecular formula is C24H32N6O. The summed E-state index contributed by atoms with van der Waals surface area (Å²) >= 11 is 0. The zero-order valence-electron chi connectivity index (χ0n) is 18.8. The Morgan fingerprint density at radius 2 is 1.71 bits per heavy atom. The van der Waals surface area contributed by atoms with E-state index in [4.69, 9.17) is 4.98 Å². The third-order valence-electron chi connectivity index (χ3n) is 5.09. The first-order valence-electron chi connectivity index (χ1n) is 10.6. The Hall–Kier alpha value is -3.19. The second-order valence-corrected chi connectivity index (χ2v) is 8.03. The molecule has 3 rings (SSSR count). The van der Waals surface area contributed by atoms with Gasteiger partial charge in [0.05, 0.1) is 18.1 Å². The number of urea groups is 1. The average Bonchev–Trinajstić information content (AvgIpc) is 2.77. The van der Waals surface area contributed by atoms with Crippen molar-refractivity contribution < 1.29 is 4.79 Å². The van der Waals surface area contributed by atoms with Gasteiger partial charge in [-0.2, -0.15) is 0 Å². The van der Waals surface area contributed by atoms with Crippen LogP contribution in [0, 0.1) is 0 Å². The zero-order chi connectivity index (χ0) is 22.2. The summed E-state index contributed by atoms with van der Waals surface area (Å²) in [5.41, 5.74) is 1.93. The van der Waals surface area contributed by atoms with Crippen LogP contribution >= 0.6 is 0 Å². The molecule has 0 saturated heterocycles. The molecule has 2 N–H and O–H groups in total. The van der Waals surface area contributed by atoms with Gasteiger partial charge in [0.2, 0.25) is 0 Å². The molecule has 31 heavy (non-hydrogen) atoms. The van der Waals surface area contributed by atoms with Gasteiger partial charge in [-0.3, -0.25) is 0 Å². The summed E-state index contributed by atoms with van der Waals surface area (Å²) in [4.78, 5) is 25.9. The van der Waals surface area contributed by atoms with Crippen LogP contribution in [0.2, 0.25) is 0 Å². The highest BCUT2D eigenvalue weighted by Gasteiger charge is 2.16. The van der Waals surface area contributed by atoms with E-state index in [2.05, 4.69) is 34.6 Å². The second kappa shape index (κ2) is 10.7. The molecule has 1 atom stereocenters. The van der Waals surface area contributed by atoms with Gasteiger partial charge in [0, 0.05) is 19.0 Å². The van der Waals surface area contributed by atoms with E-state index in [9.17, 15) is 4.79 Å². The highest BCUT2D eigenvalue weighted by Crippen LogP contribution is 2.20.